The van der Waals surface area contributed by atoms with Crippen LogP contribution < -0.4 is 0 Å². The standard InChI is InChI=1S/C21H44N2O3.C20H38O3.C18H34O/c1-6-7-8-9-10-11-14-21(24)23(16-13-12-15-22(2)3)17-20(18-25-4)19-26-5;1-3-5-7-9-11-13-18-22-20(16-15-17-21)23-19-14-12-10-8-6-4-2;1-2-3-4-5-6-7-8-9-10-11-12-13-14-15-16-17-18-19/h20H,6-19H2,1-5H3;5,7,17,20H,3-4,6,8-16,18-19H2,1-2H3;9-10,18H,2-8,11-17H2,1H3/b;7-5-;10-9-. The van der Waals surface area contributed by atoms with Crippen molar-refractivity contribution < 1.29 is 33.3 Å². The van der Waals surface area contributed by atoms with Crippen molar-refractivity contribution in [3.05, 3.63) is 24.3 Å². The quantitative estimate of drug-likeness (QED) is 0.0258. The summed E-state index contributed by atoms with van der Waals surface area (Å²) in [5, 5.41) is 0. The lowest BCUT2D eigenvalue weighted by atomic mass is 10.1. The number of aldehydes is 2. The van der Waals surface area contributed by atoms with Gasteiger partial charge >= 0.3 is 0 Å². The topological polar surface area (TPSA) is 94.6 Å². The molecular weight excluding hydrogens is 849 g/mol. The first-order chi connectivity index (χ1) is 33.3. The molecule has 0 N–H and O–H groups in total. The van der Waals surface area contributed by atoms with Crippen LogP contribution in [0.5, 0.6) is 0 Å². The zero-order valence-corrected chi connectivity index (χ0v) is 46.6. The first-order valence-electron chi connectivity index (χ1n) is 28.6. The lowest BCUT2D eigenvalue weighted by molar-refractivity contribution is -0.149. The monoisotopic (exact) mass is 965 g/mol. The van der Waals surface area contributed by atoms with Crippen LogP contribution in [0.1, 0.15) is 252 Å². The van der Waals surface area contributed by atoms with Gasteiger partial charge in [-0.05, 0) is 104 Å². The molecule has 0 bridgehead atoms. The summed E-state index contributed by atoms with van der Waals surface area (Å²) in [7, 11) is 7.60. The van der Waals surface area contributed by atoms with Crippen LogP contribution in [0.4, 0.5) is 0 Å². The Balaban J connectivity index is -0.000000943. The van der Waals surface area contributed by atoms with Gasteiger partial charge in [0.15, 0.2) is 6.29 Å². The number of carbonyl (C=O) groups is 3. The van der Waals surface area contributed by atoms with Crippen LogP contribution in [0.3, 0.4) is 0 Å². The molecule has 0 radical (unpaired) electrons. The summed E-state index contributed by atoms with van der Waals surface area (Å²) in [5.41, 5.74) is 0. The number of rotatable bonds is 51. The molecule has 9 nitrogen and oxygen atoms in total. The van der Waals surface area contributed by atoms with Crippen molar-refractivity contribution in [2.75, 3.05) is 74.4 Å². The first kappa shape index (κ1) is 70.3. The number of methoxy groups -OCH3 is 2. The highest BCUT2D eigenvalue weighted by Crippen LogP contribution is 2.14. The number of nitrogens with zero attached hydrogens (tertiary/aromatic N) is 2. The van der Waals surface area contributed by atoms with E-state index < -0.39 is 0 Å². The largest absolute Gasteiger partial charge is 0.384 e. The smallest absolute Gasteiger partial charge is 0.222 e. The maximum atomic E-state index is 12.7. The molecule has 0 heterocycles. The average Bonchev–Trinajstić information content (AvgIpc) is 3.33. The van der Waals surface area contributed by atoms with Crippen LogP contribution in [-0.2, 0) is 33.3 Å². The Kier molecular flexibility index (Phi) is 65.3. The van der Waals surface area contributed by atoms with Crippen LogP contribution in [0.2, 0.25) is 0 Å². The molecule has 0 aliphatic rings. The van der Waals surface area contributed by atoms with Gasteiger partial charge in [0.25, 0.3) is 0 Å². The van der Waals surface area contributed by atoms with E-state index in [1.807, 2.05) is 4.90 Å². The van der Waals surface area contributed by atoms with Gasteiger partial charge in [-0.2, -0.15) is 0 Å². The fourth-order valence-electron chi connectivity index (χ4n) is 7.88. The highest BCUT2D eigenvalue weighted by molar-refractivity contribution is 5.76. The number of amides is 1. The summed E-state index contributed by atoms with van der Waals surface area (Å²) in [5.74, 6) is 0.537. The predicted molar refractivity (Wildman–Crippen MR) is 293 cm³/mol. The molecule has 68 heavy (non-hydrogen) atoms. The molecule has 1 atom stereocenters. The maximum Gasteiger partial charge on any atom is 0.222 e. The second-order valence-electron chi connectivity index (χ2n) is 19.2. The summed E-state index contributed by atoms with van der Waals surface area (Å²) in [4.78, 5) is 37.7. The number of allylic oxidation sites excluding steroid dienone is 4. The highest BCUT2D eigenvalue weighted by Gasteiger charge is 2.19. The zero-order chi connectivity index (χ0) is 50.7. The third-order valence-corrected chi connectivity index (χ3v) is 12.0. The van der Waals surface area contributed by atoms with Crippen LogP contribution in [-0.4, -0.2) is 109 Å². The fraction of sp³-hybridized carbons (Fsp3) is 0.881. The van der Waals surface area contributed by atoms with Gasteiger partial charge < -0.3 is 38.3 Å². The third-order valence-electron chi connectivity index (χ3n) is 12.0. The van der Waals surface area contributed by atoms with E-state index in [1.165, 1.54) is 141 Å². The van der Waals surface area contributed by atoms with Crippen molar-refractivity contribution in [3.63, 3.8) is 0 Å². The van der Waals surface area contributed by atoms with Gasteiger partial charge in [-0.1, -0.05) is 168 Å². The average molecular weight is 966 g/mol. The van der Waals surface area contributed by atoms with E-state index in [-0.39, 0.29) is 12.2 Å². The highest BCUT2D eigenvalue weighted by atomic mass is 16.7. The number of carbonyl (C=O) groups excluding carboxylic acids is 3. The molecule has 0 saturated heterocycles. The lowest BCUT2D eigenvalue weighted by Crippen LogP contribution is -2.39. The Hall–Kier alpha value is -1.91. The van der Waals surface area contributed by atoms with Gasteiger partial charge in [-0.15, -0.1) is 0 Å². The molecule has 404 valence electrons. The van der Waals surface area contributed by atoms with Crippen molar-refractivity contribution in [3.8, 4) is 0 Å². The van der Waals surface area contributed by atoms with Crippen LogP contribution in [0.25, 0.3) is 0 Å². The number of ether oxygens (including phenoxy) is 4. The van der Waals surface area contributed by atoms with E-state index in [4.69, 9.17) is 18.9 Å². The van der Waals surface area contributed by atoms with Gasteiger partial charge in [-0.3, -0.25) is 4.79 Å². The predicted octanol–water partition coefficient (Wildman–Crippen LogP) is 15.9. The minimum absolute atomic E-state index is 0.206. The Bertz CT molecular complexity index is 1030. The molecule has 1 unspecified atom stereocenters. The molecule has 0 aromatic carbocycles. The Morgan fingerprint density at radius 2 is 0.882 bits per heavy atom. The molecule has 0 saturated carbocycles. The first-order valence-corrected chi connectivity index (χ1v) is 28.6. The number of hydrogen-bond acceptors (Lipinski definition) is 8. The van der Waals surface area contributed by atoms with E-state index in [2.05, 4.69) is 71.0 Å². The van der Waals surface area contributed by atoms with Crippen molar-refractivity contribution in [2.24, 2.45) is 5.92 Å². The second kappa shape index (κ2) is 63.1. The molecule has 0 aliphatic carbocycles. The van der Waals surface area contributed by atoms with Gasteiger partial charge in [0, 0.05) is 72.1 Å². The Morgan fingerprint density at radius 3 is 1.35 bits per heavy atom. The third kappa shape index (κ3) is 60.2. The molecule has 0 aromatic heterocycles. The van der Waals surface area contributed by atoms with Crippen LogP contribution in [0.15, 0.2) is 24.3 Å². The van der Waals surface area contributed by atoms with Gasteiger partial charge in [0.05, 0.1) is 13.2 Å². The molecule has 0 rings (SSSR count). The van der Waals surface area contributed by atoms with E-state index in [0.717, 1.165) is 110 Å². The van der Waals surface area contributed by atoms with Gasteiger partial charge in [0.1, 0.15) is 12.6 Å². The zero-order valence-electron chi connectivity index (χ0n) is 46.6. The summed E-state index contributed by atoms with van der Waals surface area (Å²) < 4.78 is 22.2. The summed E-state index contributed by atoms with van der Waals surface area (Å²) in [6, 6.07) is 0. The number of unbranched alkanes of at least 4 members (excludes halogenated alkanes) is 25. The molecular formula is C59H116N2O7. The Morgan fingerprint density at radius 1 is 0.471 bits per heavy atom. The Labute approximate surface area is 423 Å². The van der Waals surface area contributed by atoms with E-state index in [1.54, 1.807) is 14.2 Å². The molecule has 0 spiro atoms. The molecule has 0 fully saturated rings. The summed E-state index contributed by atoms with van der Waals surface area (Å²) in [6.07, 6.45) is 52.1. The maximum absolute atomic E-state index is 12.7. The van der Waals surface area contributed by atoms with Gasteiger partial charge in [0.2, 0.25) is 5.91 Å². The molecule has 1 amide bonds. The van der Waals surface area contributed by atoms with E-state index in [9.17, 15) is 14.4 Å². The molecule has 9 heteroatoms. The molecule has 0 aliphatic heterocycles. The minimum atomic E-state index is -0.206. The normalized spacial score (nSPS) is 11.9. The van der Waals surface area contributed by atoms with Crippen LogP contribution >= 0.6 is 0 Å². The lowest BCUT2D eigenvalue weighted by Gasteiger charge is -2.27. The minimum Gasteiger partial charge on any atom is -0.384 e. The summed E-state index contributed by atoms with van der Waals surface area (Å²) in [6.45, 7) is 14.3. The fourth-order valence-corrected chi connectivity index (χ4v) is 7.88. The second-order valence-corrected chi connectivity index (χ2v) is 19.2. The molecule has 0 aromatic rings. The number of hydrogen-bond donors (Lipinski definition) is 0. The van der Waals surface area contributed by atoms with Crippen molar-refractivity contribution in [2.45, 2.75) is 259 Å². The van der Waals surface area contributed by atoms with Crippen LogP contribution in [0, 0.1) is 5.92 Å². The summed E-state index contributed by atoms with van der Waals surface area (Å²) >= 11 is 0. The van der Waals surface area contributed by atoms with Crippen molar-refractivity contribution >= 4 is 18.5 Å². The SMILES string of the molecule is CC/C=C\CCCCOC(CCC=O)OCCCCCCCC.CCCCCCCC/C=C\CCCCCCCC=O.CCCCCCCCC(=O)N(CCCCN(C)C)CC(COC)COC. The van der Waals surface area contributed by atoms with E-state index in [0.29, 0.717) is 38.4 Å². The van der Waals surface area contributed by atoms with Gasteiger partial charge in [-0.25, -0.2) is 0 Å². The van der Waals surface area contributed by atoms with E-state index >= 15 is 0 Å². The van der Waals surface area contributed by atoms with Crippen molar-refractivity contribution in [1.29, 1.82) is 0 Å². The van der Waals surface area contributed by atoms with Crippen molar-refractivity contribution in [1.82, 2.24) is 9.80 Å².